The van der Waals surface area contributed by atoms with Gasteiger partial charge in [-0.3, -0.25) is 4.57 Å². The molecule has 3 rings (SSSR count). The van der Waals surface area contributed by atoms with E-state index in [-0.39, 0.29) is 10.9 Å². The van der Waals surface area contributed by atoms with E-state index in [9.17, 15) is 14.6 Å². The Hall–Kier alpha value is -1.55. The van der Waals surface area contributed by atoms with Crippen molar-refractivity contribution in [1.29, 1.82) is 0 Å². The Balaban J connectivity index is 2.13. The topological polar surface area (TPSA) is 105 Å². The third-order valence-electron chi connectivity index (χ3n) is 3.78. The lowest BCUT2D eigenvalue weighted by Gasteiger charge is -2.24. The van der Waals surface area contributed by atoms with Crippen molar-refractivity contribution >= 4 is 28.6 Å². The van der Waals surface area contributed by atoms with Gasteiger partial charge in [0.2, 0.25) is 5.28 Å². The molecular weight excluding hydrogens is 317 g/mol. The third-order valence-corrected chi connectivity index (χ3v) is 3.95. The van der Waals surface area contributed by atoms with Crippen molar-refractivity contribution in [2.45, 2.75) is 31.0 Å². The van der Waals surface area contributed by atoms with Crippen molar-refractivity contribution in [3.8, 4) is 0 Å². The van der Waals surface area contributed by atoms with Crippen LogP contribution < -0.4 is 5.32 Å². The fourth-order valence-corrected chi connectivity index (χ4v) is 2.76. The molecule has 3 heterocycles. The van der Waals surface area contributed by atoms with Crippen molar-refractivity contribution in [3.05, 3.63) is 11.6 Å². The van der Waals surface area contributed by atoms with Crippen LogP contribution in [0, 0.1) is 0 Å². The second-order valence-corrected chi connectivity index (χ2v) is 5.56. The van der Waals surface area contributed by atoms with Crippen LogP contribution in [-0.2, 0) is 4.74 Å². The summed E-state index contributed by atoms with van der Waals surface area (Å²) in [5, 5.41) is 21.9. The first kappa shape index (κ1) is 15.3. The van der Waals surface area contributed by atoms with Gasteiger partial charge in [-0.15, -0.1) is 0 Å². The smallest absolute Gasteiger partial charge is 0.226 e. The number of nitrogens with one attached hydrogen (secondary N) is 1. The average Bonchev–Trinajstić information content (AvgIpc) is 2.98. The molecule has 3 N–H and O–H groups in total. The van der Waals surface area contributed by atoms with Gasteiger partial charge in [-0.05, 0) is 18.5 Å². The van der Waals surface area contributed by atoms with E-state index >= 15 is 0 Å². The Bertz CT molecular complexity index is 709. The Morgan fingerprint density at radius 2 is 2.27 bits per heavy atom. The Morgan fingerprint density at radius 1 is 1.55 bits per heavy atom. The maximum absolute atomic E-state index is 14.9. The van der Waals surface area contributed by atoms with E-state index in [4.69, 9.17) is 16.3 Å². The molecule has 22 heavy (non-hydrogen) atoms. The number of imidazole rings is 1. The molecule has 2 aromatic rings. The molecule has 10 heteroatoms. The number of aliphatic hydroxyl groups is 2. The van der Waals surface area contributed by atoms with Crippen LogP contribution in [0.3, 0.4) is 0 Å². The van der Waals surface area contributed by atoms with Crippen molar-refractivity contribution in [2.75, 3.05) is 19.0 Å². The van der Waals surface area contributed by atoms with Crippen molar-refractivity contribution in [1.82, 2.24) is 19.5 Å². The molecule has 1 fully saturated rings. The number of halogens is 2. The zero-order valence-electron chi connectivity index (χ0n) is 11.9. The molecule has 1 saturated heterocycles. The van der Waals surface area contributed by atoms with Crippen LogP contribution >= 0.6 is 11.6 Å². The summed E-state index contributed by atoms with van der Waals surface area (Å²) >= 11 is 5.87. The van der Waals surface area contributed by atoms with Gasteiger partial charge >= 0.3 is 0 Å². The van der Waals surface area contributed by atoms with Gasteiger partial charge < -0.3 is 20.3 Å². The van der Waals surface area contributed by atoms with Gasteiger partial charge in [-0.2, -0.15) is 9.97 Å². The standard InChI is InChI=1S/C12H15ClFN5O3/c1-12(14)7(21)5(3-20)22-10(12)19-4-16-6-8(15-2)17-11(13)18-9(6)19/h4-5,7,10,20-21H,3H2,1-2H3,(H,15,17,18)/t5-,7-,10-,12-/m1/s1. The van der Waals surface area contributed by atoms with E-state index in [1.54, 1.807) is 7.05 Å². The number of fused-ring (bicyclic) bond motifs is 1. The first-order valence-electron chi connectivity index (χ1n) is 6.61. The van der Waals surface area contributed by atoms with Gasteiger partial charge in [0.05, 0.1) is 12.9 Å². The summed E-state index contributed by atoms with van der Waals surface area (Å²) in [7, 11) is 1.65. The number of nitrogens with zero attached hydrogens (tertiary/aromatic N) is 4. The molecule has 120 valence electrons. The maximum atomic E-state index is 14.9. The van der Waals surface area contributed by atoms with E-state index < -0.39 is 30.7 Å². The lowest BCUT2D eigenvalue weighted by atomic mass is 9.98. The molecule has 1 aliphatic rings. The number of aliphatic hydroxyl groups excluding tert-OH is 2. The minimum Gasteiger partial charge on any atom is -0.394 e. The first-order chi connectivity index (χ1) is 10.4. The highest BCUT2D eigenvalue weighted by Gasteiger charge is 2.55. The molecule has 1 aliphatic heterocycles. The maximum Gasteiger partial charge on any atom is 0.226 e. The fraction of sp³-hybridized carbons (Fsp3) is 0.583. The number of rotatable bonds is 3. The third kappa shape index (κ3) is 2.12. The number of hydrogen-bond acceptors (Lipinski definition) is 7. The monoisotopic (exact) mass is 331 g/mol. The zero-order chi connectivity index (χ0) is 16.1. The summed E-state index contributed by atoms with van der Waals surface area (Å²) in [6.07, 6.45) is -2.36. The largest absolute Gasteiger partial charge is 0.394 e. The molecular formula is C12H15ClFN5O3. The summed E-state index contributed by atoms with van der Waals surface area (Å²) in [5.41, 5.74) is -1.46. The van der Waals surface area contributed by atoms with Crippen molar-refractivity contribution in [2.24, 2.45) is 0 Å². The molecule has 0 unspecified atom stereocenters. The highest BCUT2D eigenvalue weighted by atomic mass is 35.5. The van der Waals surface area contributed by atoms with Gasteiger partial charge in [-0.25, -0.2) is 9.37 Å². The highest BCUT2D eigenvalue weighted by Crippen LogP contribution is 2.42. The lowest BCUT2D eigenvalue weighted by molar-refractivity contribution is -0.0566. The van der Waals surface area contributed by atoms with Gasteiger partial charge in [0, 0.05) is 7.05 Å². The highest BCUT2D eigenvalue weighted by molar-refractivity contribution is 6.28. The van der Waals surface area contributed by atoms with Gasteiger partial charge in [0.15, 0.2) is 28.9 Å². The Kier molecular flexibility index (Phi) is 3.68. The quantitative estimate of drug-likeness (QED) is 0.703. The van der Waals surface area contributed by atoms with E-state index in [1.165, 1.54) is 17.8 Å². The SMILES string of the molecule is CNc1nc(Cl)nc2c1ncn2[C@@H]1O[C@H](CO)[C@@H](O)[C@@]1(C)F. The van der Waals surface area contributed by atoms with Crippen LogP contribution in [0.25, 0.3) is 11.2 Å². The van der Waals surface area contributed by atoms with E-state index in [0.29, 0.717) is 11.3 Å². The zero-order valence-corrected chi connectivity index (χ0v) is 12.6. The molecule has 2 aromatic heterocycles. The molecule has 4 atom stereocenters. The molecule has 0 bridgehead atoms. The minimum atomic E-state index is -2.13. The normalized spacial score (nSPS) is 31.8. The second kappa shape index (κ2) is 5.27. The number of aromatic nitrogens is 4. The van der Waals surface area contributed by atoms with E-state index in [0.717, 1.165) is 0 Å². The minimum absolute atomic E-state index is 0.0311. The van der Waals surface area contributed by atoms with Crippen molar-refractivity contribution < 1.29 is 19.3 Å². The molecule has 0 amide bonds. The lowest BCUT2D eigenvalue weighted by Crippen LogP contribution is -2.40. The number of anilines is 1. The molecule has 0 saturated carbocycles. The summed E-state index contributed by atoms with van der Waals surface area (Å²) in [6.45, 7) is 0.701. The molecule has 8 nitrogen and oxygen atoms in total. The number of hydrogen-bond donors (Lipinski definition) is 3. The van der Waals surface area contributed by atoms with Crippen LogP contribution in [0.2, 0.25) is 5.28 Å². The molecule has 0 aliphatic carbocycles. The number of ether oxygens (including phenoxy) is 1. The van der Waals surface area contributed by atoms with Crippen LogP contribution in [0.4, 0.5) is 10.2 Å². The van der Waals surface area contributed by atoms with E-state index in [1.807, 2.05) is 0 Å². The Morgan fingerprint density at radius 3 is 2.86 bits per heavy atom. The second-order valence-electron chi connectivity index (χ2n) is 5.22. The average molecular weight is 332 g/mol. The van der Waals surface area contributed by atoms with Crippen LogP contribution in [0.5, 0.6) is 0 Å². The van der Waals surface area contributed by atoms with Gasteiger partial charge in [0.1, 0.15) is 12.2 Å². The fourth-order valence-electron chi connectivity index (χ4n) is 2.60. The first-order valence-corrected chi connectivity index (χ1v) is 6.99. The molecule has 0 spiro atoms. The summed E-state index contributed by atoms with van der Waals surface area (Å²) in [5.74, 6) is 0.395. The van der Waals surface area contributed by atoms with Crippen LogP contribution in [0.15, 0.2) is 6.33 Å². The predicted octanol–water partition coefficient (Wildman–Crippen LogP) is 0.500. The van der Waals surface area contributed by atoms with E-state index in [2.05, 4.69) is 20.3 Å². The van der Waals surface area contributed by atoms with Gasteiger partial charge in [-0.1, -0.05) is 0 Å². The van der Waals surface area contributed by atoms with Gasteiger partial charge in [0.25, 0.3) is 0 Å². The predicted molar refractivity (Wildman–Crippen MR) is 76.4 cm³/mol. The molecule has 0 aromatic carbocycles. The summed E-state index contributed by atoms with van der Waals surface area (Å²) < 4.78 is 21.6. The van der Waals surface area contributed by atoms with Crippen LogP contribution in [-0.4, -0.2) is 61.3 Å². The number of alkyl halides is 1. The molecule has 0 radical (unpaired) electrons. The Labute approximate surface area is 129 Å². The van der Waals surface area contributed by atoms with Crippen molar-refractivity contribution in [3.63, 3.8) is 0 Å². The van der Waals surface area contributed by atoms with Crippen LogP contribution in [0.1, 0.15) is 13.2 Å². The summed E-state index contributed by atoms with van der Waals surface area (Å²) in [4.78, 5) is 12.2. The summed E-state index contributed by atoms with van der Waals surface area (Å²) in [6, 6.07) is 0.